The largest absolute Gasteiger partial charge is 0.382 e. The first-order valence-corrected chi connectivity index (χ1v) is 6.41. The van der Waals surface area contributed by atoms with Crippen molar-refractivity contribution < 1.29 is 9.13 Å². The number of thiocarbonyl (C=S) groups is 1. The van der Waals surface area contributed by atoms with Crippen LogP contribution in [0.5, 0.6) is 0 Å². The van der Waals surface area contributed by atoms with Crippen molar-refractivity contribution in [3.05, 3.63) is 30.1 Å². The molecule has 0 amide bonds. The summed E-state index contributed by atoms with van der Waals surface area (Å²) < 4.78 is 18.8. The Hall–Kier alpha value is -1.20. The highest BCUT2D eigenvalue weighted by Gasteiger charge is 2.10. The standard InChI is InChI=1S/C13H19FN2OS/c1-3-17-10-6-9-15-13(18)16(2)12-8-5-4-7-11(12)14/h4-5,7-8H,3,6,9-10H2,1-2H3,(H,15,18). The van der Waals surface area contributed by atoms with Gasteiger partial charge in [0.25, 0.3) is 0 Å². The highest BCUT2D eigenvalue weighted by molar-refractivity contribution is 7.80. The van der Waals surface area contributed by atoms with Crippen LogP contribution in [0.4, 0.5) is 10.1 Å². The molecule has 0 fully saturated rings. The third-order valence-corrected chi connectivity index (χ3v) is 2.88. The van der Waals surface area contributed by atoms with E-state index >= 15 is 0 Å². The molecule has 1 aromatic carbocycles. The molecule has 18 heavy (non-hydrogen) atoms. The van der Waals surface area contributed by atoms with Gasteiger partial charge >= 0.3 is 0 Å². The van der Waals surface area contributed by atoms with Gasteiger partial charge < -0.3 is 15.0 Å². The molecule has 0 radical (unpaired) electrons. The van der Waals surface area contributed by atoms with Crippen molar-refractivity contribution in [2.75, 3.05) is 31.7 Å². The van der Waals surface area contributed by atoms with Crippen LogP contribution in [0.25, 0.3) is 0 Å². The molecule has 100 valence electrons. The Kier molecular flexibility index (Phi) is 6.60. The average molecular weight is 270 g/mol. The molecule has 0 saturated heterocycles. The lowest BCUT2D eigenvalue weighted by Crippen LogP contribution is -2.38. The summed E-state index contributed by atoms with van der Waals surface area (Å²) in [4.78, 5) is 1.63. The summed E-state index contributed by atoms with van der Waals surface area (Å²) in [7, 11) is 1.75. The van der Waals surface area contributed by atoms with Crippen LogP contribution < -0.4 is 10.2 Å². The fraction of sp³-hybridized carbons (Fsp3) is 0.462. The second-order valence-corrected chi connectivity index (χ2v) is 4.18. The quantitative estimate of drug-likeness (QED) is 0.634. The molecule has 0 heterocycles. The fourth-order valence-corrected chi connectivity index (χ4v) is 1.67. The molecular weight excluding hydrogens is 251 g/mol. The van der Waals surface area contributed by atoms with E-state index in [1.165, 1.54) is 6.07 Å². The van der Waals surface area contributed by atoms with Gasteiger partial charge in [-0.2, -0.15) is 0 Å². The Balaban J connectivity index is 2.40. The van der Waals surface area contributed by atoms with E-state index in [9.17, 15) is 4.39 Å². The van der Waals surface area contributed by atoms with Crippen LogP contribution in [0.1, 0.15) is 13.3 Å². The van der Waals surface area contributed by atoms with E-state index in [-0.39, 0.29) is 5.82 Å². The highest BCUT2D eigenvalue weighted by Crippen LogP contribution is 2.16. The maximum absolute atomic E-state index is 13.5. The van der Waals surface area contributed by atoms with Gasteiger partial charge in [0.2, 0.25) is 0 Å². The van der Waals surface area contributed by atoms with Crippen molar-refractivity contribution in [2.24, 2.45) is 0 Å². The van der Waals surface area contributed by atoms with Gasteiger partial charge in [0.05, 0.1) is 5.69 Å². The third kappa shape index (κ3) is 4.58. The Morgan fingerprint density at radius 3 is 2.83 bits per heavy atom. The maximum Gasteiger partial charge on any atom is 0.173 e. The second kappa shape index (κ2) is 8.00. The SMILES string of the molecule is CCOCCCNC(=S)N(C)c1ccccc1F. The molecular formula is C13H19FN2OS. The van der Waals surface area contributed by atoms with Crippen molar-refractivity contribution in [2.45, 2.75) is 13.3 Å². The van der Waals surface area contributed by atoms with E-state index in [2.05, 4.69) is 5.32 Å². The highest BCUT2D eigenvalue weighted by atomic mass is 32.1. The fourth-order valence-electron chi connectivity index (χ4n) is 1.47. The molecule has 0 bridgehead atoms. The minimum atomic E-state index is -0.279. The minimum Gasteiger partial charge on any atom is -0.382 e. The van der Waals surface area contributed by atoms with Crippen molar-refractivity contribution in [3.63, 3.8) is 0 Å². The molecule has 0 aliphatic carbocycles. The van der Waals surface area contributed by atoms with E-state index in [4.69, 9.17) is 17.0 Å². The van der Waals surface area contributed by atoms with Crippen molar-refractivity contribution in [1.29, 1.82) is 0 Å². The normalized spacial score (nSPS) is 10.2. The number of benzene rings is 1. The zero-order chi connectivity index (χ0) is 13.4. The van der Waals surface area contributed by atoms with Gasteiger partial charge in [0.1, 0.15) is 5.82 Å². The monoisotopic (exact) mass is 270 g/mol. The van der Waals surface area contributed by atoms with E-state index in [1.807, 2.05) is 6.92 Å². The minimum absolute atomic E-state index is 0.279. The van der Waals surface area contributed by atoms with Crippen LogP contribution >= 0.6 is 12.2 Å². The van der Waals surface area contributed by atoms with Crippen LogP contribution in [0.15, 0.2) is 24.3 Å². The van der Waals surface area contributed by atoms with Crippen molar-refractivity contribution in [1.82, 2.24) is 5.32 Å². The summed E-state index contributed by atoms with van der Waals surface area (Å²) in [5.41, 5.74) is 0.472. The summed E-state index contributed by atoms with van der Waals surface area (Å²) in [6.45, 7) is 4.11. The first-order valence-electron chi connectivity index (χ1n) is 6.00. The first-order chi connectivity index (χ1) is 8.66. The van der Waals surface area contributed by atoms with Crippen molar-refractivity contribution in [3.8, 4) is 0 Å². The van der Waals surface area contributed by atoms with Crippen LogP contribution in [0, 0.1) is 5.82 Å². The maximum atomic E-state index is 13.5. The molecule has 3 nitrogen and oxygen atoms in total. The number of nitrogens with one attached hydrogen (secondary N) is 1. The van der Waals surface area contributed by atoms with Crippen LogP contribution in [-0.2, 0) is 4.74 Å². The number of rotatable bonds is 6. The van der Waals surface area contributed by atoms with E-state index in [1.54, 1.807) is 30.1 Å². The Bertz CT molecular complexity index is 387. The smallest absolute Gasteiger partial charge is 0.173 e. The van der Waals surface area contributed by atoms with Gasteiger partial charge in [0, 0.05) is 26.8 Å². The zero-order valence-corrected chi connectivity index (χ0v) is 11.6. The average Bonchev–Trinajstić information content (AvgIpc) is 2.38. The van der Waals surface area contributed by atoms with Gasteiger partial charge in [-0.05, 0) is 37.7 Å². The van der Waals surface area contributed by atoms with Gasteiger partial charge in [-0.15, -0.1) is 0 Å². The number of para-hydroxylation sites is 1. The Morgan fingerprint density at radius 2 is 2.17 bits per heavy atom. The number of hydrogen-bond acceptors (Lipinski definition) is 2. The Labute approximate surface area is 113 Å². The van der Waals surface area contributed by atoms with Crippen LogP contribution in [0.2, 0.25) is 0 Å². The van der Waals surface area contributed by atoms with E-state index in [0.29, 0.717) is 17.4 Å². The van der Waals surface area contributed by atoms with E-state index < -0.39 is 0 Å². The van der Waals surface area contributed by atoms with Crippen molar-refractivity contribution >= 4 is 23.0 Å². The van der Waals surface area contributed by atoms with Gasteiger partial charge in [-0.25, -0.2) is 4.39 Å². The molecule has 5 heteroatoms. The summed E-state index contributed by atoms with van der Waals surface area (Å²) in [6.07, 6.45) is 0.874. The topological polar surface area (TPSA) is 24.5 Å². The number of anilines is 1. The number of ether oxygens (including phenoxy) is 1. The third-order valence-electron chi connectivity index (χ3n) is 2.46. The number of halogens is 1. The van der Waals surface area contributed by atoms with Crippen LogP contribution in [-0.4, -0.2) is 31.9 Å². The predicted octanol–water partition coefficient (Wildman–Crippen LogP) is 2.56. The van der Waals surface area contributed by atoms with Gasteiger partial charge in [-0.3, -0.25) is 0 Å². The number of hydrogen-bond donors (Lipinski definition) is 1. The number of nitrogens with zero attached hydrogens (tertiary/aromatic N) is 1. The van der Waals surface area contributed by atoms with Gasteiger partial charge in [-0.1, -0.05) is 12.1 Å². The lowest BCUT2D eigenvalue weighted by Gasteiger charge is -2.21. The second-order valence-electron chi connectivity index (χ2n) is 3.79. The summed E-state index contributed by atoms with van der Waals surface area (Å²) >= 11 is 5.20. The molecule has 0 atom stereocenters. The lowest BCUT2D eigenvalue weighted by molar-refractivity contribution is 0.146. The molecule has 1 N–H and O–H groups in total. The van der Waals surface area contributed by atoms with Gasteiger partial charge in [0.15, 0.2) is 5.11 Å². The molecule has 0 unspecified atom stereocenters. The first kappa shape index (κ1) is 14.9. The molecule has 0 saturated carbocycles. The molecule has 0 aliphatic rings. The van der Waals surface area contributed by atoms with Crippen LogP contribution in [0.3, 0.4) is 0 Å². The zero-order valence-electron chi connectivity index (χ0n) is 10.8. The molecule has 0 aromatic heterocycles. The molecule has 0 aliphatic heterocycles. The Morgan fingerprint density at radius 1 is 1.44 bits per heavy atom. The molecule has 0 spiro atoms. The molecule has 1 rings (SSSR count). The lowest BCUT2D eigenvalue weighted by atomic mass is 10.3. The summed E-state index contributed by atoms with van der Waals surface area (Å²) in [6, 6.07) is 6.56. The summed E-state index contributed by atoms with van der Waals surface area (Å²) in [5, 5.41) is 3.59. The van der Waals surface area contributed by atoms with E-state index in [0.717, 1.165) is 19.6 Å². The predicted molar refractivity (Wildman–Crippen MR) is 76.5 cm³/mol. The summed E-state index contributed by atoms with van der Waals surface area (Å²) in [5.74, 6) is -0.279. The molecule has 1 aromatic rings.